The van der Waals surface area contributed by atoms with Gasteiger partial charge in [0.2, 0.25) is 0 Å². The molecule has 0 aliphatic carbocycles. The van der Waals surface area contributed by atoms with Gasteiger partial charge in [-0.2, -0.15) is 0 Å². The lowest BCUT2D eigenvalue weighted by Crippen LogP contribution is -2.33. The molecule has 23 heavy (non-hydrogen) atoms. The van der Waals surface area contributed by atoms with Gasteiger partial charge in [-0.15, -0.1) is 21.5 Å². The van der Waals surface area contributed by atoms with Gasteiger partial charge in [0.1, 0.15) is 15.8 Å². The second-order valence-corrected chi connectivity index (χ2v) is 7.39. The van der Waals surface area contributed by atoms with E-state index in [1.165, 1.54) is 12.1 Å². The fraction of sp³-hybridized carbons (Fsp3) is 0.529. The van der Waals surface area contributed by atoms with Crippen LogP contribution in [0, 0.1) is 12.7 Å². The van der Waals surface area contributed by atoms with Gasteiger partial charge in [-0.1, -0.05) is 12.1 Å². The number of rotatable bonds is 5. The summed E-state index contributed by atoms with van der Waals surface area (Å²) in [5.41, 5.74) is 0.776. The molecule has 2 heterocycles. The van der Waals surface area contributed by atoms with E-state index >= 15 is 0 Å². The third-order valence-corrected chi connectivity index (χ3v) is 5.58. The summed E-state index contributed by atoms with van der Waals surface area (Å²) < 4.78 is 13.0. The molecule has 0 bridgehead atoms. The topological polar surface area (TPSA) is 49.2 Å². The van der Waals surface area contributed by atoms with E-state index < -0.39 is 6.10 Å². The van der Waals surface area contributed by atoms with E-state index in [-0.39, 0.29) is 11.9 Å². The van der Waals surface area contributed by atoms with Crippen LogP contribution in [-0.2, 0) is 0 Å². The van der Waals surface area contributed by atoms with E-state index in [0.29, 0.717) is 12.5 Å². The average Bonchev–Trinajstić information content (AvgIpc) is 3.16. The zero-order chi connectivity index (χ0) is 16.4. The van der Waals surface area contributed by atoms with Crippen molar-refractivity contribution in [2.24, 2.45) is 0 Å². The maximum absolute atomic E-state index is 13.0. The second kappa shape index (κ2) is 7.03. The first-order valence-corrected chi connectivity index (χ1v) is 8.85. The lowest BCUT2D eigenvalue weighted by molar-refractivity contribution is 0.103. The first kappa shape index (κ1) is 16.5. The molecular formula is C17H22FN3OS. The Morgan fingerprint density at radius 3 is 2.74 bits per heavy atom. The molecule has 0 radical (unpaired) electrons. The number of hydrogen-bond donors (Lipinski definition) is 1. The van der Waals surface area contributed by atoms with Crippen molar-refractivity contribution in [3.05, 3.63) is 45.7 Å². The van der Waals surface area contributed by atoms with Gasteiger partial charge >= 0.3 is 0 Å². The Morgan fingerprint density at radius 1 is 1.35 bits per heavy atom. The molecule has 3 atom stereocenters. The second-order valence-electron chi connectivity index (χ2n) is 6.17. The molecule has 0 saturated carbocycles. The summed E-state index contributed by atoms with van der Waals surface area (Å²) >= 11 is 1.63. The average molecular weight is 335 g/mol. The Hall–Kier alpha value is -1.37. The number of halogens is 1. The molecule has 124 valence electrons. The van der Waals surface area contributed by atoms with E-state index in [4.69, 9.17) is 0 Å². The van der Waals surface area contributed by atoms with Crippen LogP contribution in [0.25, 0.3) is 0 Å². The van der Waals surface area contributed by atoms with E-state index in [1.54, 1.807) is 23.5 Å². The van der Waals surface area contributed by atoms with Gasteiger partial charge in [0.05, 0.1) is 12.1 Å². The summed E-state index contributed by atoms with van der Waals surface area (Å²) in [5, 5.41) is 20.9. The van der Waals surface area contributed by atoms with Crippen molar-refractivity contribution in [2.75, 3.05) is 6.54 Å². The number of nitrogens with zero attached hydrogens (tertiary/aromatic N) is 3. The maximum Gasteiger partial charge on any atom is 0.134 e. The normalized spacial score (nSPS) is 21.5. The molecule has 4 nitrogen and oxygen atoms in total. The molecule has 0 amide bonds. The molecule has 1 aliphatic rings. The summed E-state index contributed by atoms with van der Waals surface area (Å²) in [6.45, 7) is 5.14. The van der Waals surface area contributed by atoms with Crippen LogP contribution in [0.15, 0.2) is 24.3 Å². The minimum atomic E-state index is -0.565. The Bertz CT molecular complexity index is 646. The molecule has 1 saturated heterocycles. The van der Waals surface area contributed by atoms with Crippen LogP contribution in [0.4, 0.5) is 4.39 Å². The smallest absolute Gasteiger partial charge is 0.134 e. The number of hydrogen-bond acceptors (Lipinski definition) is 5. The van der Waals surface area contributed by atoms with Crippen LogP contribution in [0.3, 0.4) is 0 Å². The largest absolute Gasteiger partial charge is 0.388 e. The molecule has 1 fully saturated rings. The number of aromatic nitrogens is 2. The summed E-state index contributed by atoms with van der Waals surface area (Å²) in [4.78, 5) is 2.41. The van der Waals surface area contributed by atoms with Gasteiger partial charge in [-0.3, -0.25) is 4.90 Å². The highest BCUT2D eigenvalue weighted by Gasteiger charge is 2.32. The minimum absolute atomic E-state index is 0.217. The number of likely N-dealkylation sites (tertiary alicyclic amines) is 1. The van der Waals surface area contributed by atoms with E-state index in [0.717, 1.165) is 35.0 Å². The fourth-order valence-electron chi connectivity index (χ4n) is 3.32. The van der Waals surface area contributed by atoms with E-state index in [2.05, 4.69) is 22.0 Å². The predicted octanol–water partition coefficient (Wildman–Crippen LogP) is 3.63. The molecule has 1 aliphatic heterocycles. The molecule has 2 aromatic rings. The van der Waals surface area contributed by atoms with Gasteiger partial charge in [0.25, 0.3) is 0 Å². The molecule has 3 rings (SSSR count). The third kappa shape index (κ3) is 3.76. The lowest BCUT2D eigenvalue weighted by Gasteiger charge is -2.30. The van der Waals surface area contributed by atoms with Crippen LogP contribution in [0.5, 0.6) is 0 Å². The van der Waals surface area contributed by atoms with Crippen molar-refractivity contribution in [2.45, 2.75) is 51.3 Å². The SMILES string of the molecule is Cc1nnc(C(C)N2CCCC2CC(O)c2ccc(F)cc2)s1. The zero-order valence-corrected chi connectivity index (χ0v) is 14.3. The summed E-state index contributed by atoms with van der Waals surface area (Å²) in [5.74, 6) is -0.274. The van der Waals surface area contributed by atoms with Crippen molar-refractivity contribution in [1.29, 1.82) is 0 Å². The zero-order valence-electron chi connectivity index (χ0n) is 13.4. The van der Waals surface area contributed by atoms with Crippen molar-refractivity contribution in [1.82, 2.24) is 15.1 Å². The summed E-state index contributed by atoms with van der Waals surface area (Å²) in [7, 11) is 0. The summed E-state index contributed by atoms with van der Waals surface area (Å²) in [6, 6.07) is 6.66. The molecule has 0 spiro atoms. The molecule has 6 heteroatoms. The van der Waals surface area contributed by atoms with Crippen molar-refractivity contribution in [3.63, 3.8) is 0 Å². The van der Waals surface area contributed by atoms with Gasteiger partial charge in [-0.05, 0) is 57.4 Å². The first-order valence-electron chi connectivity index (χ1n) is 8.04. The highest BCUT2D eigenvalue weighted by atomic mass is 32.1. The van der Waals surface area contributed by atoms with Gasteiger partial charge in [-0.25, -0.2) is 4.39 Å². The number of benzene rings is 1. The Morgan fingerprint density at radius 2 is 2.09 bits per heavy atom. The standard InChI is InChI=1S/C17H22FN3OS/c1-11(17-20-19-12(2)23-17)21-9-3-4-15(21)10-16(22)13-5-7-14(18)8-6-13/h5-8,11,15-16,22H,3-4,9-10H2,1-2H3. The molecule has 1 aromatic carbocycles. The van der Waals surface area contributed by atoms with Gasteiger partial charge < -0.3 is 5.11 Å². The van der Waals surface area contributed by atoms with Crippen LogP contribution < -0.4 is 0 Å². The molecule has 1 N–H and O–H groups in total. The minimum Gasteiger partial charge on any atom is -0.388 e. The molecule has 1 aromatic heterocycles. The van der Waals surface area contributed by atoms with Gasteiger partial charge in [0.15, 0.2) is 0 Å². The Kier molecular flexibility index (Phi) is 5.04. The first-order chi connectivity index (χ1) is 11.0. The van der Waals surface area contributed by atoms with E-state index in [9.17, 15) is 9.50 Å². The summed E-state index contributed by atoms with van der Waals surface area (Å²) in [6.07, 6.45) is 2.29. The van der Waals surface area contributed by atoms with Crippen LogP contribution in [0.1, 0.15) is 53.9 Å². The predicted molar refractivity (Wildman–Crippen MR) is 88.8 cm³/mol. The monoisotopic (exact) mass is 335 g/mol. The Balaban J connectivity index is 1.67. The van der Waals surface area contributed by atoms with Crippen molar-refractivity contribution in [3.8, 4) is 0 Å². The third-order valence-electron chi connectivity index (χ3n) is 4.57. The van der Waals surface area contributed by atoms with Crippen molar-refractivity contribution < 1.29 is 9.50 Å². The lowest BCUT2D eigenvalue weighted by atomic mass is 10.00. The molecular weight excluding hydrogens is 313 g/mol. The number of aliphatic hydroxyl groups is 1. The highest BCUT2D eigenvalue weighted by molar-refractivity contribution is 7.11. The number of aryl methyl sites for hydroxylation is 1. The van der Waals surface area contributed by atoms with Crippen molar-refractivity contribution >= 4 is 11.3 Å². The highest BCUT2D eigenvalue weighted by Crippen LogP contribution is 2.34. The van der Waals surface area contributed by atoms with Gasteiger partial charge in [0, 0.05) is 6.04 Å². The maximum atomic E-state index is 13.0. The van der Waals surface area contributed by atoms with Crippen LogP contribution in [0.2, 0.25) is 0 Å². The van der Waals surface area contributed by atoms with Crippen LogP contribution in [-0.4, -0.2) is 32.8 Å². The van der Waals surface area contributed by atoms with Crippen LogP contribution >= 0.6 is 11.3 Å². The molecule has 3 unspecified atom stereocenters. The quantitative estimate of drug-likeness (QED) is 0.906. The van der Waals surface area contributed by atoms with E-state index in [1.807, 2.05) is 6.92 Å². The Labute approximate surface area is 140 Å². The fourth-order valence-corrected chi connectivity index (χ4v) is 4.09. The number of aliphatic hydroxyl groups excluding tert-OH is 1.